The van der Waals surface area contributed by atoms with Crippen LogP contribution in [0.5, 0.6) is 0 Å². The number of hydrogen-bond acceptors (Lipinski definition) is 4. The van der Waals surface area contributed by atoms with Crippen molar-refractivity contribution in [2.75, 3.05) is 16.8 Å². The number of anilines is 2. The maximum absolute atomic E-state index is 11.8. The third kappa shape index (κ3) is 2.67. The second kappa shape index (κ2) is 5.63. The van der Waals surface area contributed by atoms with Gasteiger partial charge in [-0.05, 0) is 31.5 Å². The van der Waals surface area contributed by atoms with Crippen LogP contribution in [-0.4, -0.2) is 17.4 Å². The van der Waals surface area contributed by atoms with Gasteiger partial charge in [-0.25, -0.2) is 0 Å². The van der Waals surface area contributed by atoms with Crippen LogP contribution < -0.4 is 10.2 Å². The van der Waals surface area contributed by atoms with Crippen molar-refractivity contribution in [2.24, 2.45) is 0 Å². The molecule has 0 radical (unpaired) electrons. The first-order valence-corrected chi connectivity index (χ1v) is 7.67. The van der Waals surface area contributed by atoms with Crippen molar-refractivity contribution in [3.05, 3.63) is 40.8 Å². The van der Waals surface area contributed by atoms with E-state index >= 15 is 0 Å². The second-order valence-electron chi connectivity index (χ2n) is 4.97. The Hall–Kier alpha value is -1.88. The molecule has 1 saturated heterocycles. The lowest BCUT2D eigenvalue weighted by Gasteiger charge is -2.18. The minimum Gasteiger partial charge on any atom is -0.378 e. The molecule has 4 nitrogen and oxygen atoms in total. The minimum atomic E-state index is 0.215. The molecule has 2 heterocycles. The summed E-state index contributed by atoms with van der Waals surface area (Å²) in [5, 5.41) is 3.46. The first-order valence-electron chi connectivity index (χ1n) is 6.79. The number of amides is 1. The maximum Gasteiger partial charge on any atom is 0.227 e. The summed E-state index contributed by atoms with van der Waals surface area (Å²) in [4.78, 5) is 19.0. The molecule has 2 aromatic rings. The first-order chi connectivity index (χ1) is 9.74. The lowest BCUT2D eigenvalue weighted by molar-refractivity contribution is -0.117. The van der Waals surface area contributed by atoms with E-state index in [1.165, 1.54) is 4.88 Å². The Bertz CT molecular complexity index is 597. The van der Waals surface area contributed by atoms with Crippen LogP contribution in [0.15, 0.2) is 36.0 Å². The van der Waals surface area contributed by atoms with Crippen LogP contribution in [0.3, 0.4) is 0 Å². The van der Waals surface area contributed by atoms with Crippen LogP contribution >= 0.6 is 11.3 Å². The van der Waals surface area contributed by atoms with Crippen molar-refractivity contribution in [1.29, 1.82) is 0 Å². The Kier molecular flexibility index (Phi) is 3.69. The lowest BCUT2D eigenvalue weighted by atomic mass is 10.2. The Balaban J connectivity index is 1.76. The number of thiazole rings is 1. The monoisotopic (exact) mass is 287 g/mol. The number of rotatable bonds is 4. The van der Waals surface area contributed by atoms with E-state index in [0.29, 0.717) is 6.42 Å². The van der Waals surface area contributed by atoms with Gasteiger partial charge in [0.2, 0.25) is 5.91 Å². The normalized spacial score (nSPS) is 16.4. The number of aromatic nitrogens is 1. The van der Waals surface area contributed by atoms with Gasteiger partial charge in [0, 0.05) is 35.4 Å². The van der Waals surface area contributed by atoms with Crippen LogP contribution in [0.2, 0.25) is 0 Å². The molecular weight excluding hydrogens is 270 g/mol. The van der Waals surface area contributed by atoms with Gasteiger partial charge in [0.1, 0.15) is 0 Å². The van der Waals surface area contributed by atoms with E-state index in [-0.39, 0.29) is 11.9 Å². The van der Waals surface area contributed by atoms with Crippen LogP contribution in [0.1, 0.15) is 30.7 Å². The highest BCUT2D eigenvalue weighted by atomic mass is 32.1. The van der Waals surface area contributed by atoms with Gasteiger partial charge in [0.25, 0.3) is 0 Å². The second-order valence-corrected chi connectivity index (χ2v) is 5.89. The molecule has 20 heavy (non-hydrogen) atoms. The third-order valence-corrected chi connectivity index (χ3v) is 4.45. The van der Waals surface area contributed by atoms with Crippen molar-refractivity contribution >= 4 is 28.6 Å². The molecule has 0 aliphatic carbocycles. The topological polar surface area (TPSA) is 45.2 Å². The quantitative estimate of drug-likeness (QED) is 0.937. The number of carbonyl (C=O) groups excluding carboxylic acids is 1. The van der Waals surface area contributed by atoms with E-state index in [1.54, 1.807) is 11.3 Å². The fraction of sp³-hybridized carbons (Fsp3) is 0.333. The van der Waals surface area contributed by atoms with Gasteiger partial charge in [0.05, 0.1) is 11.6 Å². The Morgan fingerprint density at radius 1 is 1.45 bits per heavy atom. The van der Waals surface area contributed by atoms with Crippen molar-refractivity contribution < 1.29 is 4.79 Å². The van der Waals surface area contributed by atoms with Crippen LogP contribution in [0.25, 0.3) is 0 Å². The lowest BCUT2D eigenvalue weighted by Crippen LogP contribution is -2.23. The molecule has 1 aliphatic heterocycles. The molecule has 1 amide bonds. The molecule has 1 aromatic carbocycles. The molecule has 0 bridgehead atoms. The molecule has 1 atom stereocenters. The molecule has 0 spiro atoms. The average Bonchev–Trinajstić information content (AvgIpc) is 3.10. The van der Waals surface area contributed by atoms with Crippen LogP contribution in [0.4, 0.5) is 11.4 Å². The third-order valence-electron chi connectivity index (χ3n) is 3.49. The van der Waals surface area contributed by atoms with E-state index in [0.717, 1.165) is 24.3 Å². The largest absolute Gasteiger partial charge is 0.378 e. The fourth-order valence-corrected chi connectivity index (χ4v) is 3.07. The van der Waals surface area contributed by atoms with E-state index < -0.39 is 0 Å². The van der Waals surface area contributed by atoms with Crippen molar-refractivity contribution in [2.45, 2.75) is 25.8 Å². The van der Waals surface area contributed by atoms with E-state index in [2.05, 4.69) is 17.2 Å². The van der Waals surface area contributed by atoms with E-state index in [1.807, 2.05) is 40.9 Å². The zero-order valence-electron chi connectivity index (χ0n) is 11.4. The highest BCUT2D eigenvalue weighted by Gasteiger charge is 2.21. The van der Waals surface area contributed by atoms with Crippen LogP contribution in [-0.2, 0) is 4.79 Å². The number of benzene rings is 1. The van der Waals surface area contributed by atoms with Gasteiger partial charge in [0.15, 0.2) is 0 Å². The summed E-state index contributed by atoms with van der Waals surface area (Å²) < 4.78 is 0. The SMILES string of the molecule is CC(Nc1cccc(N2CCCC2=O)c1)c1cncs1. The fourth-order valence-electron chi connectivity index (χ4n) is 2.45. The van der Waals surface area contributed by atoms with Gasteiger partial charge >= 0.3 is 0 Å². The summed E-state index contributed by atoms with van der Waals surface area (Å²) in [6.45, 7) is 2.94. The van der Waals surface area contributed by atoms with Crippen LogP contribution in [0, 0.1) is 0 Å². The predicted octanol–water partition coefficient (Wildman–Crippen LogP) is 3.44. The molecule has 0 saturated carbocycles. The Morgan fingerprint density at radius 2 is 2.35 bits per heavy atom. The van der Waals surface area contributed by atoms with Gasteiger partial charge in [-0.3, -0.25) is 9.78 Å². The van der Waals surface area contributed by atoms with Gasteiger partial charge in [-0.15, -0.1) is 11.3 Å². The molecule has 1 N–H and O–H groups in total. The predicted molar refractivity (Wildman–Crippen MR) is 82.2 cm³/mol. The molecule has 1 unspecified atom stereocenters. The van der Waals surface area contributed by atoms with Gasteiger partial charge < -0.3 is 10.2 Å². The highest BCUT2D eigenvalue weighted by Crippen LogP contribution is 2.27. The summed E-state index contributed by atoms with van der Waals surface area (Å²) >= 11 is 1.64. The maximum atomic E-state index is 11.8. The minimum absolute atomic E-state index is 0.215. The number of nitrogens with zero attached hydrogens (tertiary/aromatic N) is 2. The van der Waals surface area contributed by atoms with E-state index in [4.69, 9.17) is 0 Å². The number of carbonyl (C=O) groups is 1. The zero-order chi connectivity index (χ0) is 13.9. The molecular formula is C15H17N3OS. The molecule has 1 fully saturated rings. The molecule has 1 aromatic heterocycles. The summed E-state index contributed by atoms with van der Waals surface area (Å²) in [5.74, 6) is 0.220. The molecule has 5 heteroatoms. The molecule has 3 rings (SSSR count). The standard InChI is InChI=1S/C15H17N3OS/c1-11(14-9-16-10-20-14)17-12-4-2-5-13(8-12)18-7-3-6-15(18)19/h2,4-5,8-11,17H,3,6-7H2,1H3. The number of hydrogen-bond donors (Lipinski definition) is 1. The van der Waals surface area contributed by atoms with Crippen molar-refractivity contribution in [3.63, 3.8) is 0 Å². The molecule has 104 valence electrons. The Morgan fingerprint density at radius 3 is 3.05 bits per heavy atom. The summed E-state index contributed by atoms with van der Waals surface area (Å²) in [6.07, 6.45) is 3.50. The number of nitrogens with one attached hydrogen (secondary N) is 1. The average molecular weight is 287 g/mol. The van der Waals surface area contributed by atoms with Gasteiger partial charge in [-0.2, -0.15) is 0 Å². The molecule has 1 aliphatic rings. The van der Waals surface area contributed by atoms with E-state index in [9.17, 15) is 4.79 Å². The summed E-state index contributed by atoms with van der Waals surface area (Å²) in [5.41, 5.74) is 3.85. The highest BCUT2D eigenvalue weighted by molar-refractivity contribution is 7.09. The van der Waals surface area contributed by atoms with Crippen molar-refractivity contribution in [1.82, 2.24) is 4.98 Å². The van der Waals surface area contributed by atoms with Crippen molar-refractivity contribution in [3.8, 4) is 0 Å². The summed E-state index contributed by atoms with van der Waals surface area (Å²) in [7, 11) is 0. The zero-order valence-corrected chi connectivity index (χ0v) is 12.2. The Labute approximate surface area is 122 Å². The first kappa shape index (κ1) is 13.1. The summed E-state index contributed by atoms with van der Waals surface area (Å²) in [6, 6.07) is 8.27. The smallest absolute Gasteiger partial charge is 0.227 e. The van der Waals surface area contributed by atoms with Gasteiger partial charge in [-0.1, -0.05) is 6.07 Å².